The Balaban J connectivity index is 0.000000154. The Morgan fingerprint density at radius 1 is 0.297 bits per heavy atom. The summed E-state index contributed by atoms with van der Waals surface area (Å²) in [6.07, 6.45) is -0.765. The quantitative estimate of drug-likeness (QED) is 0.0806. The highest BCUT2D eigenvalue weighted by Gasteiger charge is 2.31. The molecule has 15 heterocycles. The number of aryl methyl sites for hydroxylation is 17. The smallest absolute Gasteiger partial charge is 0.227 e. The Morgan fingerprint density at radius 3 is 0.993 bits per heavy atom. The summed E-state index contributed by atoms with van der Waals surface area (Å²) in [5.74, 6) is -13.5. The Morgan fingerprint density at radius 2 is 0.623 bits per heavy atom. The van der Waals surface area contributed by atoms with Crippen molar-refractivity contribution in [2.75, 3.05) is 0 Å². The van der Waals surface area contributed by atoms with E-state index < -0.39 is 122 Å². The van der Waals surface area contributed by atoms with Crippen LogP contribution in [-0.4, -0.2) is 24.9 Å². The highest BCUT2D eigenvalue weighted by atomic mass is 16.4. The third kappa shape index (κ3) is 19.5. The molecule has 0 fully saturated rings. The summed E-state index contributed by atoms with van der Waals surface area (Å²) in [4.78, 5) is 22.1. The maximum atomic E-state index is 8.70. The summed E-state index contributed by atoms with van der Waals surface area (Å²) in [6, 6.07) is 46.6. The fraction of sp³-hybridized carbons (Fsp3) is 0.350. The van der Waals surface area contributed by atoms with Gasteiger partial charge in [0.1, 0.15) is 35.2 Å². The molecule has 5 atom stereocenters. The number of benzene rings is 5. The molecule has 708 valence electrons. The SMILES string of the molecule is [2H]C([2H])(CC)c1cc[n+](C)c(-c2c(C)ccc3c2oc2nc(C)ccc23)c1.[2H]C([2H])([2H])C([2H])(C)c1c[n+](C)c(-c2c(C)ccc3c2oc2nc(C([2H])([2H])C([2H])(C)C([2H])([2H])[2H])ccc23)cc1C.[2H]C([2H])([2H])c1c[n+](C)c(-c2c(C)ccc3c2oc2nc(C([2H])(C)C)ccc23)cc1C.[2H]C([2H])([2H])c1c[n+](C)c(-c2c(C)ccc3c2oc2nc(C([2H])([2H])C([2H])(C)C([2H])([2H])[2H])ccc23)cc1C([2H])(C)C.[2H]C([2H])([2H])c1c[n+](C)c(-c2c(C)ccc3c2oc2nc(C([2H])([2H])C([2H])(C)C([2H])([2H])[2H])ccc23)cc1C([2H])(C)C([2H])([2H])[2H]. The van der Waals surface area contributed by atoms with Gasteiger partial charge in [-0.25, -0.2) is 47.8 Å². The predicted octanol–water partition coefficient (Wildman–Crippen LogP) is 29.8. The minimum atomic E-state index is -2.94. The van der Waals surface area contributed by atoms with E-state index in [0.717, 1.165) is 117 Å². The van der Waals surface area contributed by atoms with Crippen LogP contribution in [0.25, 0.3) is 167 Å². The lowest BCUT2D eigenvalue weighted by molar-refractivity contribution is -0.661. The number of aromatic nitrogens is 10. The lowest BCUT2D eigenvalue weighted by Crippen LogP contribution is -2.32. The van der Waals surface area contributed by atoms with Crippen LogP contribution in [0.2, 0.25) is 0 Å². The van der Waals surface area contributed by atoms with Gasteiger partial charge in [0.15, 0.2) is 58.9 Å². The van der Waals surface area contributed by atoms with E-state index in [2.05, 4.69) is 50.0 Å². The number of pyridine rings is 10. The van der Waals surface area contributed by atoms with Crippen molar-refractivity contribution in [2.45, 2.75) is 235 Å². The van der Waals surface area contributed by atoms with E-state index in [1.807, 2.05) is 150 Å². The van der Waals surface area contributed by atoms with Crippen molar-refractivity contribution in [3.8, 4) is 56.3 Å². The summed E-state index contributed by atoms with van der Waals surface area (Å²) in [5, 5.41) is 7.51. The van der Waals surface area contributed by atoms with E-state index >= 15 is 0 Å². The number of fused-ring (bicyclic) bond motifs is 15. The van der Waals surface area contributed by atoms with E-state index in [4.69, 9.17) is 75.5 Å². The van der Waals surface area contributed by atoms with Gasteiger partial charge in [-0.15, -0.1) is 0 Å². The molecule has 0 radical (unpaired) electrons. The first-order chi connectivity index (χ1) is 80.7. The highest BCUT2D eigenvalue weighted by molar-refractivity contribution is 6.13. The molecule has 0 N–H and O–H groups in total. The Hall–Kier alpha value is -13.4. The van der Waals surface area contributed by atoms with E-state index in [1.54, 1.807) is 115 Å². The lowest BCUT2D eigenvalue weighted by atomic mass is 9.94. The fourth-order valence-corrected chi connectivity index (χ4v) is 17.9. The second kappa shape index (κ2) is 40.0. The maximum Gasteiger partial charge on any atom is 0.227 e. The van der Waals surface area contributed by atoms with Crippen molar-refractivity contribution < 1.29 is 98.4 Å². The number of nitrogens with zero attached hydrogens (tertiary/aromatic N) is 10. The van der Waals surface area contributed by atoms with Gasteiger partial charge in [-0.2, -0.15) is 0 Å². The molecule has 0 aliphatic heterocycles. The zero-order chi connectivity index (χ0) is 132. The second-order valence-electron chi connectivity index (χ2n) is 36.1. The summed E-state index contributed by atoms with van der Waals surface area (Å²) < 4.78 is 354. The van der Waals surface area contributed by atoms with Crippen LogP contribution < -0.4 is 22.8 Å². The fourth-order valence-electron chi connectivity index (χ4n) is 17.9. The number of furan rings is 5. The monoisotopic (exact) mass is 1880 g/mol. The molecule has 5 aromatic carbocycles. The van der Waals surface area contributed by atoms with Crippen LogP contribution in [0.3, 0.4) is 0 Å². The molecule has 0 spiro atoms. The lowest BCUT2D eigenvalue weighted by Gasteiger charge is -2.12. The van der Waals surface area contributed by atoms with E-state index in [1.165, 1.54) is 54.2 Å². The largest absolute Gasteiger partial charge is 0.437 e. The molecule has 5 unspecified atom stereocenters. The molecule has 0 saturated heterocycles. The number of hydrogen-bond acceptors (Lipinski definition) is 10. The van der Waals surface area contributed by atoms with Crippen LogP contribution >= 0.6 is 0 Å². The first kappa shape index (κ1) is 59.7. The number of rotatable bonds is 17. The molecule has 0 bridgehead atoms. The second-order valence-corrected chi connectivity index (χ2v) is 36.1. The third-order valence-electron chi connectivity index (χ3n) is 24.8. The van der Waals surface area contributed by atoms with Crippen molar-refractivity contribution in [3.63, 3.8) is 0 Å². The van der Waals surface area contributed by atoms with E-state index in [0.29, 0.717) is 140 Å². The molecule has 0 amide bonds. The van der Waals surface area contributed by atoms with Crippen molar-refractivity contribution in [2.24, 2.45) is 52.9 Å². The molecular weight excluding hydrogens is 1700 g/mol. The van der Waals surface area contributed by atoms with E-state index in [9.17, 15) is 0 Å². The van der Waals surface area contributed by atoms with Crippen LogP contribution in [0.4, 0.5) is 0 Å². The summed E-state index contributed by atoms with van der Waals surface area (Å²) >= 11 is 0. The number of hydrogen-bond donors (Lipinski definition) is 0. The topological polar surface area (TPSA) is 150 Å². The minimum Gasteiger partial charge on any atom is -0.437 e. The van der Waals surface area contributed by atoms with Gasteiger partial charge in [-0.05, 0) is 259 Å². The molecular formula is C123H141N10O5+5. The van der Waals surface area contributed by atoms with Crippen LogP contribution in [0.1, 0.15) is 293 Å². The Kier molecular flexibility index (Phi) is 17.3. The van der Waals surface area contributed by atoms with Crippen LogP contribution in [-0.2, 0) is 60.7 Å². The van der Waals surface area contributed by atoms with Gasteiger partial charge in [-0.3, -0.25) is 0 Å². The van der Waals surface area contributed by atoms with Gasteiger partial charge in [0.2, 0.25) is 57.0 Å². The zero-order valence-corrected chi connectivity index (χ0v) is 82.1. The Labute approximate surface area is 869 Å². The molecule has 0 saturated carbocycles. The zero-order valence-electron chi connectivity index (χ0n) is 121. The van der Waals surface area contributed by atoms with Crippen molar-refractivity contribution >= 4 is 110 Å². The normalized spacial score (nSPS) is 19.5. The molecule has 15 aromatic heterocycles. The first-order valence-electron chi connectivity index (χ1n) is 65.0. The van der Waals surface area contributed by atoms with Crippen molar-refractivity contribution in [1.82, 2.24) is 24.9 Å². The maximum absolute atomic E-state index is 8.70. The van der Waals surface area contributed by atoms with Gasteiger partial charge in [0, 0.05) is 194 Å². The average molecular weight is 1880 g/mol. The van der Waals surface area contributed by atoms with Crippen LogP contribution in [0, 0.1) is 93.6 Å². The minimum absolute atomic E-state index is 0.00521. The molecule has 20 aromatic rings. The summed E-state index contributed by atoms with van der Waals surface area (Å²) in [6.45, 7) is 8.13. The van der Waals surface area contributed by atoms with E-state index in [-0.39, 0.29) is 50.9 Å². The molecule has 20 rings (SSSR count). The standard InChI is InChI=1S/3C26H31N2O.C23H25N2O.C22H23N2O/c2*1-15(2)12-19-9-11-21-20-10-8-17(5)24(25(20)29-26(21)27-19)23-13-22(16(3)4)18(6)14-28(23)7;1-15(2)12-19-9-11-21-20-10-8-17(5)24(25(20)29-26(21)27-19)23-13-18(6)22(16(3)4)14-28(23)7;1-13(2)19-10-9-18-17-8-7-14(3)21(22(17)26-23(18)24-19)20-11-15(4)16(5)12-25(20)6;1-5-6-16-11-12-24(4)19(13-16)20-14(2)7-9-17-18-10-8-15(3)23-22(18)25-21(17)20/h3*8-11,13-16H,12H2,1-7H3;7-13H,1-6H3;7-13H,5-6H2,1-4H3/q5*+1/i1D3,3D3,6D3,12D2,15D,16D;1D3,6D3,12D2,15D,16D;1D3,3D3,12D2,15D,16D;5D3,13D;6D2. The van der Waals surface area contributed by atoms with Crippen LogP contribution in [0.15, 0.2) is 211 Å². The van der Waals surface area contributed by atoms with Gasteiger partial charge in [0.25, 0.3) is 0 Å². The predicted molar refractivity (Wildman–Crippen MR) is 569 cm³/mol. The summed E-state index contributed by atoms with van der Waals surface area (Å²) in [5.41, 5.74) is 19.4. The first-order valence-corrected chi connectivity index (χ1v) is 45.5. The molecule has 0 aliphatic rings. The molecule has 15 nitrogen and oxygen atoms in total. The average Bonchev–Trinajstić information content (AvgIpc) is 1.37. The van der Waals surface area contributed by atoms with Gasteiger partial charge < -0.3 is 22.1 Å². The molecule has 0 aliphatic carbocycles. The highest BCUT2D eigenvalue weighted by Crippen LogP contribution is 2.45. The van der Waals surface area contributed by atoms with Gasteiger partial charge >= 0.3 is 0 Å². The third-order valence-corrected chi connectivity index (χ3v) is 24.8. The van der Waals surface area contributed by atoms with Gasteiger partial charge in [0.05, 0.1) is 27.8 Å². The van der Waals surface area contributed by atoms with Crippen LogP contribution in [0.5, 0.6) is 0 Å². The Bertz CT molecular complexity index is 9950. The molecule has 138 heavy (non-hydrogen) atoms. The van der Waals surface area contributed by atoms with Crippen molar-refractivity contribution in [3.05, 3.63) is 295 Å². The van der Waals surface area contributed by atoms with Crippen molar-refractivity contribution in [1.29, 1.82) is 0 Å². The summed E-state index contributed by atoms with van der Waals surface area (Å²) in [7, 11) is 8.92. The molecule has 15 heteroatoms. The van der Waals surface area contributed by atoms with Gasteiger partial charge in [-0.1, -0.05) is 171 Å².